The lowest BCUT2D eigenvalue weighted by atomic mass is 10.0. The third kappa shape index (κ3) is 5.05. The van der Waals surface area contributed by atoms with Crippen molar-refractivity contribution in [3.05, 3.63) is 64.7 Å². The zero-order valence-corrected chi connectivity index (χ0v) is 16.5. The first kappa shape index (κ1) is 19.8. The molecule has 1 fully saturated rings. The molecule has 0 aliphatic carbocycles. The van der Waals surface area contributed by atoms with Crippen LogP contribution in [0.5, 0.6) is 0 Å². The molecule has 144 valence electrons. The Bertz CT molecular complexity index is 764. The van der Waals surface area contributed by atoms with Crippen molar-refractivity contribution in [1.29, 1.82) is 0 Å². The zero-order valence-electron chi connectivity index (χ0n) is 15.7. The van der Waals surface area contributed by atoms with Gasteiger partial charge in [0.15, 0.2) is 0 Å². The van der Waals surface area contributed by atoms with Crippen LogP contribution in [0.4, 0.5) is 4.39 Å². The minimum Gasteiger partial charge on any atom is -0.336 e. The Morgan fingerprint density at radius 3 is 2.59 bits per heavy atom. The highest BCUT2D eigenvalue weighted by Gasteiger charge is 2.30. The van der Waals surface area contributed by atoms with Crippen LogP contribution in [0.25, 0.3) is 0 Å². The molecule has 0 saturated carbocycles. The fourth-order valence-corrected chi connectivity index (χ4v) is 3.68. The van der Waals surface area contributed by atoms with Crippen LogP contribution in [0.2, 0.25) is 5.02 Å². The van der Waals surface area contributed by atoms with Gasteiger partial charge < -0.3 is 4.90 Å². The van der Waals surface area contributed by atoms with Crippen molar-refractivity contribution in [2.75, 3.05) is 19.6 Å². The van der Waals surface area contributed by atoms with Crippen LogP contribution in [-0.4, -0.2) is 46.4 Å². The van der Waals surface area contributed by atoms with Gasteiger partial charge in [0.1, 0.15) is 11.5 Å². The number of hydrogen-bond donors (Lipinski definition) is 0. The molecule has 1 aromatic heterocycles. The number of rotatable bonds is 4. The van der Waals surface area contributed by atoms with E-state index in [0.717, 1.165) is 25.1 Å². The van der Waals surface area contributed by atoms with Crippen LogP contribution < -0.4 is 0 Å². The molecule has 3 rings (SSSR count). The zero-order chi connectivity index (χ0) is 19.4. The first-order chi connectivity index (χ1) is 12.9. The fraction of sp³-hybridized carbons (Fsp3) is 0.429. The molecule has 27 heavy (non-hydrogen) atoms. The van der Waals surface area contributed by atoms with Crippen molar-refractivity contribution in [2.24, 2.45) is 5.92 Å². The third-order valence-corrected chi connectivity index (χ3v) is 5.28. The fourth-order valence-electron chi connectivity index (χ4n) is 3.56. The summed E-state index contributed by atoms with van der Waals surface area (Å²) in [5.41, 5.74) is 1.51. The van der Waals surface area contributed by atoms with E-state index in [4.69, 9.17) is 11.6 Å². The predicted molar refractivity (Wildman–Crippen MR) is 105 cm³/mol. The Kier molecular flexibility index (Phi) is 6.45. The molecule has 2 heterocycles. The molecule has 4 nitrogen and oxygen atoms in total. The monoisotopic (exact) mass is 389 g/mol. The topological polar surface area (TPSA) is 36.4 Å². The minimum absolute atomic E-state index is 0.0547. The molecule has 1 saturated heterocycles. The van der Waals surface area contributed by atoms with Crippen LogP contribution >= 0.6 is 11.6 Å². The molecule has 0 spiro atoms. The number of amides is 1. The Balaban J connectivity index is 1.75. The third-order valence-electron chi connectivity index (χ3n) is 5.05. The van der Waals surface area contributed by atoms with E-state index in [9.17, 15) is 9.18 Å². The second kappa shape index (κ2) is 8.81. The highest BCUT2D eigenvalue weighted by molar-refractivity contribution is 6.30. The smallest absolute Gasteiger partial charge is 0.272 e. The number of carbonyl (C=O) groups is 1. The highest BCUT2D eigenvalue weighted by atomic mass is 35.5. The van der Waals surface area contributed by atoms with Gasteiger partial charge in [-0.1, -0.05) is 37.6 Å². The summed E-state index contributed by atoms with van der Waals surface area (Å²) in [6.45, 7) is 7.37. The molecule has 0 radical (unpaired) electrons. The van der Waals surface area contributed by atoms with Crippen LogP contribution in [0.1, 0.15) is 36.3 Å². The van der Waals surface area contributed by atoms with Crippen LogP contribution in [0, 0.1) is 11.7 Å². The molecular formula is C21H25ClFN3O. The molecular weight excluding hydrogens is 365 g/mol. The van der Waals surface area contributed by atoms with E-state index in [2.05, 4.69) is 23.7 Å². The van der Waals surface area contributed by atoms with Crippen molar-refractivity contribution in [3.63, 3.8) is 0 Å². The highest BCUT2D eigenvalue weighted by Crippen LogP contribution is 2.21. The summed E-state index contributed by atoms with van der Waals surface area (Å²) in [6, 6.07) is 10.3. The van der Waals surface area contributed by atoms with Gasteiger partial charge in [0, 0.05) is 38.4 Å². The lowest BCUT2D eigenvalue weighted by Crippen LogP contribution is -2.45. The van der Waals surface area contributed by atoms with E-state index in [0.29, 0.717) is 29.7 Å². The van der Waals surface area contributed by atoms with Gasteiger partial charge in [-0.2, -0.15) is 0 Å². The first-order valence-electron chi connectivity index (χ1n) is 9.33. The largest absolute Gasteiger partial charge is 0.336 e. The summed E-state index contributed by atoms with van der Waals surface area (Å²) >= 11 is 5.88. The van der Waals surface area contributed by atoms with E-state index in [1.165, 1.54) is 18.3 Å². The summed E-state index contributed by atoms with van der Waals surface area (Å²) in [6.07, 6.45) is 2.40. The Morgan fingerprint density at radius 1 is 1.22 bits per heavy atom. The lowest BCUT2D eigenvalue weighted by molar-refractivity contribution is 0.0696. The minimum atomic E-state index is -0.220. The second-order valence-electron chi connectivity index (χ2n) is 7.37. The lowest BCUT2D eigenvalue weighted by Gasteiger charge is -2.34. The van der Waals surface area contributed by atoms with Crippen LogP contribution in [0.15, 0.2) is 42.6 Å². The molecule has 1 unspecified atom stereocenters. The van der Waals surface area contributed by atoms with E-state index in [1.807, 2.05) is 17.0 Å². The normalized spacial score (nSPS) is 18.6. The van der Waals surface area contributed by atoms with Gasteiger partial charge in [-0.05, 0) is 42.2 Å². The Hall–Kier alpha value is -1.98. The van der Waals surface area contributed by atoms with E-state index in [1.54, 1.807) is 12.1 Å². The van der Waals surface area contributed by atoms with Gasteiger partial charge >= 0.3 is 0 Å². The van der Waals surface area contributed by atoms with Crippen molar-refractivity contribution in [3.8, 4) is 0 Å². The van der Waals surface area contributed by atoms with Crippen LogP contribution in [0.3, 0.4) is 0 Å². The quantitative estimate of drug-likeness (QED) is 0.784. The Morgan fingerprint density at radius 2 is 1.96 bits per heavy atom. The molecule has 6 heteroatoms. The predicted octanol–water partition coefficient (Wildman–Crippen LogP) is 4.25. The summed E-state index contributed by atoms with van der Waals surface area (Å²) in [5, 5.41) is 0.521. The van der Waals surface area contributed by atoms with Gasteiger partial charge in [0.05, 0.1) is 5.02 Å². The number of nitrogens with zero attached hydrogens (tertiary/aromatic N) is 3. The molecule has 1 atom stereocenters. The molecule has 0 bridgehead atoms. The summed E-state index contributed by atoms with van der Waals surface area (Å²) in [4.78, 5) is 21.4. The average Bonchev–Trinajstić information content (AvgIpc) is 2.86. The maximum atomic E-state index is 13.2. The molecule has 1 amide bonds. The summed E-state index contributed by atoms with van der Waals surface area (Å²) in [7, 11) is 0. The standard InChI is InChI=1S/C21H25ClFN3O/c1-15(2)20-14-26(21(27)19-9-6-17(22)12-24-19)11-3-10-25(20)13-16-4-7-18(23)8-5-16/h4-9,12,15,20H,3,10-11,13-14H2,1-2H3. The van der Waals surface area contributed by atoms with E-state index in [-0.39, 0.29) is 17.8 Å². The molecule has 1 aliphatic rings. The second-order valence-corrected chi connectivity index (χ2v) is 7.81. The molecule has 2 aromatic rings. The average molecular weight is 390 g/mol. The maximum absolute atomic E-state index is 13.2. The number of aromatic nitrogens is 1. The first-order valence-corrected chi connectivity index (χ1v) is 9.71. The molecule has 1 aliphatic heterocycles. The molecule has 0 N–H and O–H groups in total. The number of hydrogen-bond acceptors (Lipinski definition) is 3. The summed E-state index contributed by atoms with van der Waals surface area (Å²) < 4.78 is 13.2. The van der Waals surface area contributed by atoms with E-state index < -0.39 is 0 Å². The number of pyridine rings is 1. The van der Waals surface area contributed by atoms with Gasteiger partial charge in [-0.25, -0.2) is 9.37 Å². The maximum Gasteiger partial charge on any atom is 0.272 e. The van der Waals surface area contributed by atoms with Crippen LogP contribution in [-0.2, 0) is 6.54 Å². The van der Waals surface area contributed by atoms with Crippen molar-refractivity contribution in [2.45, 2.75) is 32.9 Å². The van der Waals surface area contributed by atoms with Gasteiger partial charge in [-0.3, -0.25) is 9.69 Å². The number of carbonyl (C=O) groups excluding carboxylic acids is 1. The number of benzene rings is 1. The van der Waals surface area contributed by atoms with E-state index >= 15 is 0 Å². The van der Waals surface area contributed by atoms with Crippen molar-refractivity contribution < 1.29 is 9.18 Å². The SMILES string of the molecule is CC(C)C1CN(C(=O)c2ccc(Cl)cn2)CCCN1Cc1ccc(F)cc1. The van der Waals surface area contributed by atoms with Gasteiger partial charge in [0.25, 0.3) is 5.91 Å². The van der Waals surface area contributed by atoms with Crippen molar-refractivity contribution in [1.82, 2.24) is 14.8 Å². The summed E-state index contributed by atoms with van der Waals surface area (Å²) in [5.74, 6) is 0.111. The Labute approximate surface area is 165 Å². The van der Waals surface area contributed by atoms with Gasteiger partial charge in [0.2, 0.25) is 0 Å². The van der Waals surface area contributed by atoms with Crippen molar-refractivity contribution >= 4 is 17.5 Å². The molecule has 1 aromatic carbocycles. The van der Waals surface area contributed by atoms with Gasteiger partial charge in [-0.15, -0.1) is 0 Å². The number of halogens is 2.